The van der Waals surface area contributed by atoms with Crippen molar-refractivity contribution in [2.24, 2.45) is 0 Å². The van der Waals surface area contributed by atoms with Gasteiger partial charge in [0.15, 0.2) is 0 Å². The number of nitrogens with zero attached hydrogens (tertiary/aromatic N) is 5. The van der Waals surface area contributed by atoms with Crippen LogP contribution in [0.15, 0.2) is 72.3 Å². The lowest BCUT2D eigenvalue weighted by atomic mass is 10.0. The van der Waals surface area contributed by atoms with Gasteiger partial charge in [-0.2, -0.15) is 5.10 Å². The highest BCUT2D eigenvalue weighted by Gasteiger charge is 2.21. The molecule has 0 aliphatic heterocycles. The first-order valence-corrected chi connectivity index (χ1v) is 8.96. The number of hydrogen-bond acceptors (Lipinski definition) is 7. The predicted octanol–water partition coefficient (Wildman–Crippen LogP) is 1.27. The normalized spacial score (nSPS) is 11.6. The Labute approximate surface area is 170 Å². The van der Waals surface area contributed by atoms with E-state index in [9.17, 15) is 9.59 Å². The molecule has 0 radical (unpaired) electrons. The zero-order chi connectivity index (χ0) is 20.9. The van der Waals surface area contributed by atoms with Gasteiger partial charge in [0.25, 0.3) is 11.5 Å². The van der Waals surface area contributed by atoms with Gasteiger partial charge in [-0.25, -0.2) is 9.67 Å². The van der Waals surface area contributed by atoms with Crippen LogP contribution in [0.2, 0.25) is 0 Å². The average Bonchev–Trinajstić information content (AvgIpc) is 3.33. The van der Waals surface area contributed by atoms with Gasteiger partial charge < -0.3 is 10.1 Å². The van der Waals surface area contributed by atoms with Crippen LogP contribution in [-0.2, 0) is 0 Å². The third-order valence-electron chi connectivity index (χ3n) is 4.36. The second-order valence-electron chi connectivity index (χ2n) is 6.21. The first-order valence-electron chi connectivity index (χ1n) is 8.96. The molecule has 0 saturated carbocycles. The minimum atomic E-state index is -0.623. The van der Waals surface area contributed by atoms with Crippen LogP contribution in [0.3, 0.4) is 0 Å². The largest absolute Gasteiger partial charge is 0.497 e. The summed E-state index contributed by atoms with van der Waals surface area (Å²) in [4.78, 5) is 40.4. The number of H-pyrrole nitrogens is 1. The third kappa shape index (κ3) is 3.92. The molecular formula is C20H17N7O3. The van der Waals surface area contributed by atoms with Gasteiger partial charge in [0.05, 0.1) is 25.0 Å². The van der Waals surface area contributed by atoms with E-state index in [0.717, 1.165) is 5.56 Å². The van der Waals surface area contributed by atoms with Gasteiger partial charge >= 0.3 is 0 Å². The molecule has 1 unspecified atom stereocenters. The molecule has 0 saturated heterocycles. The molecule has 10 heteroatoms. The molecular weight excluding hydrogens is 386 g/mol. The molecule has 10 nitrogen and oxygen atoms in total. The molecule has 0 bridgehead atoms. The van der Waals surface area contributed by atoms with E-state index in [1.54, 1.807) is 50.1 Å². The van der Waals surface area contributed by atoms with Crippen molar-refractivity contribution in [3.63, 3.8) is 0 Å². The number of benzene rings is 1. The molecule has 150 valence electrons. The number of ether oxygens (including phenoxy) is 1. The van der Waals surface area contributed by atoms with Crippen molar-refractivity contribution in [3.05, 3.63) is 94.7 Å². The summed E-state index contributed by atoms with van der Waals surface area (Å²) in [7, 11) is 1.57. The number of aromatic amines is 1. The van der Waals surface area contributed by atoms with Crippen molar-refractivity contribution in [2.45, 2.75) is 6.04 Å². The standard InChI is InChI=1S/C20H17N7O3/c1-30-14-5-3-13(4-6-14)17(16-12-21-8-9-22-16)25-18(28)15-11-23-20(26-19(15)29)27-10-2-7-24-27/h2-12,17H,1H3,(H,25,28)(H,23,26,29). The van der Waals surface area contributed by atoms with Crippen LogP contribution in [0.1, 0.15) is 27.7 Å². The summed E-state index contributed by atoms with van der Waals surface area (Å²) in [5.74, 6) is 0.294. The highest BCUT2D eigenvalue weighted by molar-refractivity contribution is 5.94. The Morgan fingerprint density at radius 1 is 1.13 bits per heavy atom. The topological polar surface area (TPSA) is 128 Å². The first kappa shape index (κ1) is 19.0. The van der Waals surface area contributed by atoms with Crippen molar-refractivity contribution in [3.8, 4) is 11.7 Å². The van der Waals surface area contributed by atoms with Crippen molar-refractivity contribution in [1.82, 2.24) is 35.0 Å². The van der Waals surface area contributed by atoms with E-state index in [1.165, 1.54) is 17.1 Å². The Morgan fingerprint density at radius 3 is 2.60 bits per heavy atom. The second-order valence-corrected chi connectivity index (χ2v) is 6.21. The molecule has 4 aromatic rings. The fourth-order valence-electron chi connectivity index (χ4n) is 2.85. The minimum Gasteiger partial charge on any atom is -0.497 e. The van der Waals surface area contributed by atoms with Crippen LogP contribution in [0.25, 0.3) is 5.95 Å². The average molecular weight is 403 g/mol. The Bertz CT molecular complexity index is 1190. The van der Waals surface area contributed by atoms with Crippen LogP contribution in [0.4, 0.5) is 0 Å². The molecule has 0 fully saturated rings. The summed E-state index contributed by atoms with van der Waals surface area (Å²) < 4.78 is 6.58. The highest BCUT2D eigenvalue weighted by Crippen LogP contribution is 2.22. The summed E-state index contributed by atoms with van der Waals surface area (Å²) in [6.45, 7) is 0. The third-order valence-corrected chi connectivity index (χ3v) is 4.36. The summed E-state index contributed by atoms with van der Waals surface area (Å²) >= 11 is 0. The molecule has 4 rings (SSSR count). The molecule has 1 aromatic carbocycles. The number of amides is 1. The monoisotopic (exact) mass is 403 g/mol. The van der Waals surface area contributed by atoms with Gasteiger partial charge in [-0.3, -0.25) is 24.5 Å². The SMILES string of the molecule is COc1ccc(C(NC(=O)c2cnc(-n3cccn3)[nH]c2=O)c2cnccn2)cc1. The van der Waals surface area contributed by atoms with Gasteiger partial charge in [-0.15, -0.1) is 0 Å². The lowest BCUT2D eigenvalue weighted by Gasteiger charge is -2.18. The van der Waals surface area contributed by atoms with Crippen LogP contribution >= 0.6 is 0 Å². The van der Waals surface area contributed by atoms with Crippen molar-refractivity contribution in [2.75, 3.05) is 7.11 Å². The lowest BCUT2D eigenvalue weighted by molar-refractivity contribution is 0.0940. The van der Waals surface area contributed by atoms with Crippen LogP contribution in [0, 0.1) is 0 Å². The number of hydrogen-bond donors (Lipinski definition) is 2. The van der Waals surface area contributed by atoms with Gasteiger partial charge in [0.1, 0.15) is 11.3 Å². The van der Waals surface area contributed by atoms with E-state index in [1.807, 2.05) is 12.1 Å². The maximum absolute atomic E-state index is 12.9. The Morgan fingerprint density at radius 2 is 1.97 bits per heavy atom. The molecule has 0 spiro atoms. The minimum absolute atomic E-state index is 0.131. The lowest BCUT2D eigenvalue weighted by Crippen LogP contribution is -2.34. The first-order chi connectivity index (χ1) is 14.7. The molecule has 0 aliphatic carbocycles. The summed E-state index contributed by atoms with van der Waals surface area (Å²) in [5, 5.41) is 6.84. The van der Waals surface area contributed by atoms with Crippen LogP contribution in [-0.4, -0.2) is 42.7 Å². The fraction of sp³-hybridized carbons (Fsp3) is 0.100. The maximum atomic E-state index is 12.9. The van der Waals surface area contributed by atoms with Crippen molar-refractivity contribution in [1.29, 1.82) is 0 Å². The number of nitrogens with one attached hydrogen (secondary N) is 2. The van der Waals surface area contributed by atoms with Crippen molar-refractivity contribution < 1.29 is 9.53 Å². The number of rotatable bonds is 6. The molecule has 3 aromatic heterocycles. The zero-order valence-corrected chi connectivity index (χ0v) is 15.9. The highest BCUT2D eigenvalue weighted by atomic mass is 16.5. The molecule has 3 heterocycles. The second kappa shape index (κ2) is 8.35. The van der Waals surface area contributed by atoms with E-state index in [2.05, 4.69) is 30.4 Å². The van der Waals surface area contributed by atoms with E-state index >= 15 is 0 Å². The van der Waals surface area contributed by atoms with Gasteiger partial charge in [0.2, 0.25) is 5.95 Å². The molecule has 1 atom stereocenters. The zero-order valence-electron chi connectivity index (χ0n) is 15.9. The molecule has 2 N–H and O–H groups in total. The summed E-state index contributed by atoms with van der Waals surface area (Å²) in [6.07, 6.45) is 9.03. The van der Waals surface area contributed by atoms with Crippen LogP contribution < -0.4 is 15.6 Å². The number of methoxy groups -OCH3 is 1. The van der Waals surface area contributed by atoms with E-state index in [0.29, 0.717) is 11.4 Å². The quantitative estimate of drug-likeness (QED) is 0.496. The molecule has 30 heavy (non-hydrogen) atoms. The van der Waals surface area contributed by atoms with Gasteiger partial charge in [-0.1, -0.05) is 12.1 Å². The Balaban J connectivity index is 1.64. The van der Waals surface area contributed by atoms with E-state index in [4.69, 9.17) is 4.74 Å². The van der Waals surface area contributed by atoms with Crippen molar-refractivity contribution >= 4 is 5.91 Å². The number of aromatic nitrogens is 6. The van der Waals surface area contributed by atoms with E-state index < -0.39 is 17.5 Å². The van der Waals surface area contributed by atoms with E-state index in [-0.39, 0.29) is 11.5 Å². The fourth-order valence-corrected chi connectivity index (χ4v) is 2.85. The Kier molecular flexibility index (Phi) is 5.29. The summed E-state index contributed by atoms with van der Waals surface area (Å²) in [6, 6.07) is 8.24. The number of carbonyl (C=O) groups is 1. The molecule has 1 amide bonds. The smallest absolute Gasteiger partial charge is 0.265 e. The maximum Gasteiger partial charge on any atom is 0.265 e. The van der Waals surface area contributed by atoms with Crippen LogP contribution in [0.5, 0.6) is 5.75 Å². The van der Waals surface area contributed by atoms with Gasteiger partial charge in [-0.05, 0) is 23.8 Å². The summed E-state index contributed by atoms with van der Waals surface area (Å²) in [5.41, 5.74) is 0.560. The predicted molar refractivity (Wildman–Crippen MR) is 106 cm³/mol. The Hall–Kier alpha value is -4.34. The van der Waals surface area contributed by atoms with Gasteiger partial charge in [0, 0.05) is 31.0 Å². The molecule has 0 aliphatic rings. The number of carbonyl (C=O) groups excluding carboxylic acids is 1.